The lowest BCUT2D eigenvalue weighted by atomic mass is 10.1. The third kappa shape index (κ3) is 2.63. The molecule has 0 saturated carbocycles. The van der Waals surface area contributed by atoms with Crippen molar-refractivity contribution in [3.05, 3.63) is 48.5 Å². The van der Waals surface area contributed by atoms with Gasteiger partial charge in [-0.25, -0.2) is 4.98 Å². The molecule has 2 heterocycles. The Bertz CT molecular complexity index is 1020. The predicted octanol–water partition coefficient (Wildman–Crippen LogP) is 4.19. The Morgan fingerprint density at radius 2 is 1.72 bits per heavy atom. The monoisotopic (exact) mass is 332 g/mol. The molecule has 1 unspecified atom stereocenters. The summed E-state index contributed by atoms with van der Waals surface area (Å²) in [6.45, 7) is 3.19. The number of hydrogen-bond acceptors (Lipinski definition) is 3. The van der Waals surface area contributed by atoms with E-state index in [1.54, 1.807) is 0 Å². The van der Waals surface area contributed by atoms with Crippen molar-refractivity contribution < 1.29 is 0 Å². The molecule has 4 nitrogen and oxygen atoms in total. The van der Waals surface area contributed by atoms with Gasteiger partial charge >= 0.3 is 0 Å². The summed E-state index contributed by atoms with van der Waals surface area (Å²) in [5, 5.41) is 6.15. The van der Waals surface area contributed by atoms with Crippen LogP contribution in [0.3, 0.4) is 0 Å². The van der Waals surface area contributed by atoms with E-state index < -0.39 is 0 Å². The molecular formula is C21H24N4. The summed E-state index contributed by atoms with van der Waals surface area (Å²) < 4.78 is 2.27. The first-order chi connectivity index (χ1) is 12.1. The van der Waals surface area contributed by atoms with Crippen LogP contribution in [0.2, 0.25) is 0 Å². The number of hydrogen-bond donors (Lipinski definition) is 1. The van der Waals surface area contributed by atoms with Crippen molar-refractivity contribution in [1.29, 1.82) is 0 Å². The maximum Gasteiger partial charge on any atom is 0.112 e. The van der Waals surface area contributed by atoms with Gasteiger partial charge in [0.25, 0.3) is 0 Å². The van der Waals surface area contributed by atoms with E-state index in [-0.39, 0.29) is 0 Å². The minimum Gasteiger partial charge on any atom is -0.379 e. The lowest BCUT2D eigenvalue weighted by Crippen LogP contribution is -2.30. The third-order valence-electron chi connectivity index (χ3n) is 4.75. The van der Waals surface area contributed by atoms with Crippen molar-refractivity contribution in [3.8, 4) is 11.4 Å². The quantitative estimate of drug-likeness (QED) is 0.608. The van der Waals surface area contributed by atoms with Crippen LogP contribution in [-0.2, 0) is 7.05 Å². The number of anilines is 1. The molecule has 4 heteroatoms. The molecular weight excluding hydrogens is 308 g/mol. The molecule has 2 aromatic rings. The molecule has 0 saturated heterocycles. The Kier molecular flexibility index (Phi) is 3.85. The molecule has 0 amide bonds. The fourth-order valence-corrected chi connectivity index (χ4v) is 3.80. The molecule has 0 fully saturated rings. The van der Waals surface area contributed by atoms with E-state index in [9.17, 15) is 0 Å². The number of para-hydroxylation sites is 2. The van der Waals surface area contributed by atoms with E-state index >= 15 is 0 Å². The van der Waals surface area contributed by atoms with Crippen LogP contribution in [-0.4, -0.2) is 41.1 Å². The highest BCUT2D eigenvalue weighted by Crippen LogP contribution is 2.41. The van der Waals surface area contributed by atoms with Crippen molar-refractivity contribution in [1.82, 2.24) is 14.5 Å². The molecule has 0 aromatic heterocycles. The maximum absolute atomic E-state index is 4.96. The first-order valence-electron chi connectivity index (χ1n) is 8.73. The highest BCUT2D eigenvalue weighted by Gasteiger charge is 2.22. The van der Waals surface area contributed by atoms with Crippen LogP contribution in [0.5, 0.6) is 0 Å². The van der Waals surface area contributed by atoms with Gasteiger partial charge in [0.2, 0.25) is 0 Å². The van der Waals surface area contributed by atoms with Gasteiger partial charge in [0.1, 0.15) is 5.69 Å². The van der Waals surface area contributed by atoms with Crippen molar-refractivity contribution in [3.63, 3.8) is 0 Å². The average Bonchev–Trinajstić information content (AvgIpc) is 2.97. The maximum atomic E-state index is 4.96. The van der Waals surface area contributed by atoms with Crippen LogP contribution >= 0.6 is 0 Å². The van der Waals surface area contributed by atoms with Crippen LogP contribution < -0.4 is 5.32 Å². The minimum atomic E-state index is 0.328. The number of rotatable bonds is 4. The minimum absolute atomic E-state index is 0.328. The molecule has 25 heavy (non-hydrogen) atoms. The standard InChI is InChI=1S/C21H24N4/c1-14(13-24(2)3)22-19-16-10-6-8-12-18(16)25(4)21-15-9-5-7-11-17(15)23-20(19)21/h5-12,14,22H,13H2,1-4H3. The topological polar surface area (TPSA) is 33.1 Å². The van der Waals surface area contributed by atoms with Crippen molar-refractivity contribution in [2.75, 3.05) is 26.0 Å². The van der Waals surface area contributed by atoms with E-state index in [4.69, 9.17) is 4.98 Å². The van der Waals surface area contributed by atoms with E-state index in [0.29, 0.717) is 6.04 Å². The van der Waals surface area contributed by atoms with E-state index in [1.807, 2.05) is 0 Å². The van der Waals surface area contributed by atoms with Gasteiger partial charge in [-0.15, -0.1) is 0 Å². The molecule has 2 aromatic carbocycles. The molecule has 1 atom stereocenters. The molecule has 0 aliphatic carbocycles. The Morgan fingerprint density at radius 1 is 1.04 bits per heavy atom. The summed E-state index contributed by atoms with van der Waals surface area (Å²) >= 11 is 0. The summed E-state index contributed by atoms with van der Waals surface area (Å²) in [6, 6.07) is 17.3. The lowest BCUT2D eigenvalue weighted by Gasteiger charge is -2.24. The second-order valence-electron chi connectivity index (χ2n) is 7.08. The summed E-state index contributed by atoms with van der Waals surface area (Å²) in [5.41, 5.74) is 5.63. The Morgan fingerprint density at radius 3 is 2.48 bits per heavy atom. The van der Waals surface area contributed by atoms with Crippen LogP contribution in [0.4, 0.5) is 5.69 Å². The average molecular weight is 332 g/mol. The van der Waals surface area contributed by atoms with Crippen LogP contribution in [0.25, 0.3) is 33.2 Å². The second kappa shape index (κ2) is 6.05. The molecule has 4 rings (SSSR count). The van der Waals surface area contributed by atoms with Gasteiger partial charge in [-0.1, -0.05) is 36.4 Å². The first-order valence-corrected chi connectivity index (χ1v) is 8.73. The van der Waals surface area contributed by atoms with E-state index in [0.717, 1.165) is 23.4 Å². The molecule has 128 valence electrons. The van der Waals surface area contributed by atoms with Gasteiger partial charge < -0.3 is 14.8 Å². The van der Waals surface area contributed by atoms with Gasteiger partial charge in [0, 0.05) is 30.4 Å². The number of nitrogens with one attached hydrogen (secondary N) is 1. The molecule has 2 aliphatic rings. The van der Waals surface area contributed by atoms with Gasteiger partial charge in [0.15, 0.2) is 0 Å². The number of likely N-dealkylation sites (N-methyl/N-ethyl adjacent to an activating group) is 1. The number of pyridine rings is 1. The number of fused-ring (bicyclic) bond motifs is 4. The number of aromatic nitrogens is 2. The summed E-state index contributed by atoms with van der Waals surface area (Å²) in [4.78, 5) is 7.16. The van der Waals surface area contributed by atoms with E-state index in [2.05, 4.69) is 91.4 Å². The van der Waals surface area contributed by atoms with Crippen LogP contribution in [0.15, 0.2) is 48.5 Å². The van der Waals surface area contributed by atoms with Gasteiger partial charge in [-0.2, -0.15) is 0 Å². The van der Waals surface area contributed by atoms with Crippen molar-refractivity contribution in [2.24, 2.45) is 7.05 Å². The van der Waals surface area contributed by atoms with Crippen molar-refractivity contribution in [2.45, 2.75) is 13.0 Å². The SMILES string of the molecule is CC(CN(C)C)Nc1c2nc3ccccc3c-2n(C)c2ccccc12. The fourth-order valence-electron chi connectivity index (χ4n) is 3.80. The summed E-state index contributed by atoms with van der Waals surface area (Å²) in [6.07, 6.45) is 0. The summed E-state index contributed by atoms with van der Waals surface area (Å²) in [7, 11) is 6.34. The third-order valence-corrected chi connectivity index (χ3v) is 4.75. The Labute approximate surface area is 148 Å². The Balaban J connectivity index is 2.02. The summed E-state index contributed by atoms with van der Waals surface area (Å²) in [5.74, 6) is 0. The second-order valence-corrected chi connectivity index (χ2v) is 7.08. The zero-order valence-electron chi connectivity index (χ0n) is 15.2. The fraction of sp³-hybridized carbons (Fsp3) is 0.286. The molecule has 0 radical (unpaired) electrons. The van der Waals surface area contributed by atoms with Gasteiger partial charge in [0.05, 0.1) is 22.4 Å². The van der Waals surface area contributed by atoms with Crippen molar-refractivity contribution >= 4 is 27.5 Å². The zero-order valence-corrected chi connectivity index (χ0v) is 15.2. The predicted molar refractivity (Wildman–Crippen MR) is 106 cm³/mol. The van der Waals surface area contributed by atoms with Gasteiger partial charge in [-0.3, -0.25) is 0 Å². The highest BCUT2D eigenvalue weighted by atomic mass is 15.1. The molecule has 0 bridgehead atoms. The Hall–Kier alpha value is -2.59. The molecule has 1 N–H and O–H groups in total. The molecule has 2 aliphatic heterocycles. The number of aryl methyl sites for hydroxylation is 1. The number of nitrogens with zero attached hydrogens (tertiary/aromatic N) is 3. The first kappa shape index (κ1) is 15.9. The van der Waals surface area contributed by atoms with E-state index in [1.165, 1.54) is 22.0 Å². The molecule has 0 spiro atoms. The smallest absolute Gasteiger partial charge is 0.112 e. The largest absolute Gasteiger partial charge is 0.379 e. The lowest BCUT2D eigenvalue weighted by molar-refractivity contribution is 0.392. The normalized spacial score (nSPS) is 13.2. The van der Waals surface area contributed by atoms with Crippen LogP contribution in [0.1, 0.15) is 6.92 Å². The zero-order chi connectivity index (χ0) is 17.6. The van der Waals surface area contributed by atoms with Crippen LogP contribution in [0, 0.1) is 0 Å². The highest BCUT2D eigenvalue weighted by molar-refractivity contribution is 6.08. The van der Waals surface area contributed by atoms with Gasteiger partial charge in [-0.05, 0) is 33.2 Å². The number of benzene rings is 2.